The summed E-state index contributed by atoms with van der Waals surface area (Å²) in [5, 5.41) is 0. The molecule has 0 bridgehead atoms. The van der Waals surface area contributed by atoms with Crippen LogP contribution in [0.1, 0.15) is 51.0 Å². The predicted molar refractivity (Wildman–Crippen MR) is 107 cm³/mol. The number of hydrogen-bond acceptors (Lipinski definition) is 4. The maximum Gasteiger partial charge on any atom is 0.119 e. The van der Waals surface area contributed by atoms with E-state index >= 15 is 0 Å². The fourth-order valence-corrected chi connectivity index (χ4v) is 2.68. The first-order chi connectivity index (χ1) is 13.4. The molecule has 0 saturated carbocycles. The van der Waals surface area contributed by atoms with Crippen LogP contribution >= 0.6 is 0 Å². The molecule has 0 fully saturated rings. The summed E-state index contributed by atoms with van der Waals surface area (Å²) in [5.74, 6) is 0.881. The summed E-state index contributed by atoms with van der Waals surface area (Å²) in [6.07, 6.45) is 9.12. The van der Waals surface area contributed by atoms with Crippen LogP contribution < -0.4 is 4.74 Å². The quantitative estimate of drug-likeness (QED) is 0.315. The number of benzene rings is 1. The van der Waals surface area contributed by atoms with E-state index in [-0.39, 0.29) is 6.61 Å². The molecule has 0 aliphatic carbocycles. The van der Waals surface area contributed by atoms with Gasteiger partial charge in [-0.1, -0.05) is 51.2 Å². The van der Waals surface area contributed by atoms with Gasteiger partial charge in [-0.3, -0.25) is 0 Å². The van der Waals surface area contributed by atoms with Crippen molar-refractivity contribution in [3.8, 4) is 5.75 Å². The molecule has 0 saturated heterocycles. The lowest BCUT2D eigenvalue weighted by Crippen LogP contribution is -2.13. The standard InChI is InChI=1S/C22H37FO4/c1-2-3-4-5-6-7-8-21-9-11-22(12-10-21)27-20-19-26-18-17-25-16-15-24-14-13-23/h9-12H,2-8,13-20H2,1H3. The van der Waals surface area contributed by atoms with E-state index < -0.39 is 6.67 Å². The van der Waals surface area contributed by atoms with Crippen molar-refractivity contribution < 1.29 is 23.3 Å². The van der Waals surface area contributed by atoms with Crippen molar-refractivity contribution in [2.45, 2.75) is 51.9 Å². The van der Waals surface area contributed by atoms with E-state index in [1.165, 1.54) is 44.1 Å². The largest absolute Gasteiger partial charge is 0.491 e. The molecule has 0 spiro atoms. The predicted octanol–water partition coefficient (Wildman–Crippen LogP) is 4.99. The van der Waals surface area contributed by atoms with Crippen LogP contribution in [0.15, 0.2) is 24.3 Å². The molecule has 1 aromatic carbocycles. The summed E-state index contributed by atoms with van der Waals surface area (Å²) in [7, 11) is 0. The molecule has 0 atom stereocenters. The van der Waals surface area contributed by atoms with E-state index in [4.69, 9.17) is 18.9 Å². The molecule has 0 amide bonds. The SMILES string of the molecule is CCCCCCCCc1ccc(OCCOCCOCCOCCF)cc1. The molecular weight excluding hydrogens is 347 g/mol. The fraction of sp³-hybridized carbons (Fsp3) is 0.727. The maximum absolute atomic E-state index is 11.8. The number of unbranched alkanes of at least 4 members (excludes halogenated alkanes) is 5. The van der Waals surface area contributed by atoms with Gasteiger partial charge in [-0.05, 0) is 30.5 Å². The first kappa shape index (κ1) is 23.9. The fourth-order valence-electron chi connectivity index (χ4n) is 2.68. The van der Waals surface area contributed by atoms with Crippen molar-refractivity contribution in [1.29, 1.82) is 0 Å². The first-order valence-electron chi connectivity index (χ1n) is 10.4. The molecule has 0 unspecified atom stereocenters. The average molecular weight is 385 g/mol. The number of halogens is 1. The molecule has 0 aliphatic rings. The topological polar surface area (TPSA) is 36.9 Å². The number of hydrogen-bond donors (Lipinski definition) is 0. The Hall–Kier alpha value is -1.17. The van der Waals surface area contributed by atoms with E-state index in [0.717, 1.165) is 12.2 Å². The van der Waals surface area contributed by atoms with Crippen LogP contribution in [0.3, 0.4) is 0 Å². The summed E-state index contributed by atoms with van der Waals surface area (Å²) >= 11 is 0. The second kappa shape index (κ2) is 18.2. The van der Waals surface area contributed by atoms with Gasteiger partial charge in [0.05, 0.1) is 39.6 Å². The Kier molecular flexibility index (Phi) is 16.1. The van der Waals surface area contributed by atoms with Crippen LogP contribution in [0.4, 0.5) is 4.39 Å². The van der Waals surface area contributed by atoms with Gasteiger partial charge in [-0.25, -0.2) is 4.39 Å². The van der Waals surface area contributed by atoms with Crippen molar-refractivity contribution in [3.63, 3.8) is 0 Å². The van der Waals surface area contributed by atoms with Gasteiger partial charge in [0, 0.05) is 0 Å². The van der Waals surface area contributed by atoms with Crippen LogP contribution in [-0.2, 0) is 20.6 Å². The normalized spacial score (nSPS) is 11.0. The Labute approximate surface area is 164 Å². The summed E-state index contributed by atoms with van der Waals surface area (Å²) in [6.45, 7) is 4.89. The number of alkyl halides is 1. The van der Waals surface area contributed by atoms with E-state index in [9.17, 15) is 4.39 Å². The number of aryl methyl sites for hydroxylation is 1. The van der Waals surface area contributed by atoms with Gasteiger partial charge < -0.3 is 18.9 Å². The molecule has 5 heteroatoms. The summed E-state index contributed by atoms with van der Waals surface area (Å²) < 4.78 is 33.2. The Morgan fingerprint density at radius 2 is 1.22 bits per heavy atom. The molecule has 4 nitrogen and oxygen atoms in total. The zero-order valence-corrected chi connectivity index (χ0v) is 16.9. The van der Waals surface area contributed by atoms with E-state index in [1.807, 2.05) is 12.1 Å². The zero-order valence-electron chi connectivity index (χ0n) is 16.9. The third-order valence-corrected chi connectivity index (χ3v) is 4.20. The van der Waals surface area contributed by atoms with Gasteiger partial charge in [-0.2, -0.15) is 0 Å². The van der Waals surface area contributed by atoms with Gasteiger partial charge in [0.2, 0.25) is 0 Å². The van der Waals surface area contributed by atoms with Crippen molar-refractivity contribution in [1.82, 2.24) is 0 Å². The molecule has 1 aromatic rings. The molecule has 0 N–H and O–H groups in total. The van der Waals surface area contributed by atoms with Gasteiger partial charge in [0.15, 0.2) is 0 Å². The Morgan fingerprint density at radius 3 is 1.85 bits per heavy atom. The zero-order chi connectivity index (χ0) is 19.4. The van der Waals surface area contributed by atoms with Crippen LogP contribution in [-0.4, -0.2) is 52.9 Å². The lowest BCUT2D eigenvalue weighted by Gasteiger charge is -2.09. The van der Waals surface area contributed by atoms with Gasteiger partial charge in [0.1, 0.15) is 19.0 Å². The van der Waals surface area contributed by atoms with Crippen LogP contribution in [0.25, 0.3) is 0 Å². The Balaban J connectivity index is 1.94. The molecule has 0 aromatic heterocycles. The third kappa shape index (κ3) is 14.5. The van der Waals surface area contributed by atoms with E-state index in [1.54, 1.807) is 0 Å². The molecular formula is C22H37FO4. The minimum Gasteiger partial charge on any atom is -0.491 e. The van der Waals surface area contributed by atoms with Crippen molar-refractivity contribution in [2.24, 2.45) is 0 Å². The number of rotatable bonds is 19. The highest BCUT2D eigenvalue weighted by atomic mass is 19.1. The van der Waals surface area contributed by atoms with Gasteiger partial charge >= 0.3 is 0 Å². The second-order valence-corrected chi connectivity index (χ2v) is 6.54. The maximum atomic E-state index is 11.8. The minimum atomic E-state index is -0.453. The smallest absolute Gasteiger partial charge is 0.119 e. The van der Waals surface area contributed by atoms with Crippen LogP contribution in [0.2, 0.25) is 0 Å². The van der Waals surface area contributed by atoms with E-state index in [0.29, 0.717) is 39.6 Å². The monoisotopic (exact) mass is 384 g/mol. The van der Waals surface area contributed by atoms with Crippen LogP contribution in [0.5, 0.6) is 5.75 Å². The Bertz CT molecular complexity index is 425. The summed E-state index contributed by atoms with van der Waals surface area (Å²) in [5.41, 5.74) is 1.38. The molecule has 0 heterocycles. The molecule has 156 valence electrons. The molecule has 0 radical (unpaired) electrons. The lowest BCUT2D eigenvalue weighted by molar-refractivity contribution is 0.00750. The molecule has 1 rings (SSSR count). The van der Waals surface area contributed by atoms with E-state index in [2.05, 4.69) is 19.1 Å². The van der Waals surface area contributed by atoms with Gasteiger partial charge in [-0.15, -0.1) is 0 Å². The summed E-state index contributed by atoms with van der Waals surface area (Å²) in [6, 6.07) is 8.38. The highest BCUT2D eigenvalue weighted by Crippen LogP contribution is 2.15. The molecule has 27 heavy (non-hydrogen) atoms. The van der Waals surface area contributed by atoms with Crippen molar-refractivity contribution in [3.05, 3.63) is 29.8 Å². The van der Waals surface area contributed by atoms with Crippen molar-refractivity contribution >= 4 is 0 Å². The third-order valence-electron chi connectivity index (χ3n) is 4.20. The summed E-state index contributed by atoms with van der Waals surface area (Å²) in [4.78, 5) is 0. The highest BCUT2D eigenvalue weighted by Gasteiger charge is 1.98. The van der Waals surface area contributed by atoms with Crippen LogP contribution in [0, 0.1) is 0 Å². The highest BCUT2D eigenvalue weighted by molar-refractivity contribution is 5.27. The molecule has 0 aliphatic heterocycles. The lowest BCUT2D eigenvalue weighted by atomic mass is 10.0. The number of ether oxygens (including phenoxy) is 4. The van der Waals surface area contributed by atoms with Crippen molar-refractivity contribution in [2.75, 3.05) is 52.9 Å². The second-order valence-electron chi connectivity index (χ2n) is 6.54. The van der Waals surface area contributed by atoms with Gasteiger partial charge in [0.25, 0.3) is 0 Å². The average Bonchev–Trinajstić information content (AvgIpc) is 2.70. The minimum absolute atomic E-state index is 0.136. The first-order valence-corrected chi connectivity index (χ1v) is 10.4. The Morgan fingerprint density at radius 1 is 0.667 bits per heavy atom.